The molecule has 1 amide bonds. The number of rotatable bonds is 3. The molecular formula is C11H15N3O2. The minimum atomic E-state index is -0.357. The summed E-state index contributed by atoms with van der Waals surface area (Å²) in [6.45, 7) is 0. The van der Waals surface area contributed by atoms with E-state index in [1.54, 1.807) is 12.1 Å². The van der Waals surface area contributed by atoms with Crippen molar-refractivity contribution in [1.29, 1.82) is 0 Å². The molecule has 1 aliphatic rings. The fourth-order valence-electron chi connectivity index (χ4n) is 1.82. The summed E-state index contributed by atoms with van der Waals surface area (Å²) in [7, 11) is 0. The fraction of sp³-hybridized carbons (Fsp3) is 0.545. The summed E-state index contributed by atoms with van der Waals surface area (Å²) in [5.74, 6) is -0.104. The number of carbonyl (C=O) groups is 1. The van der Waals surface area contributed by atoms with Gasteiger partial charge in [0, 0.05) is 0 Å². The number of hydrogen-bond donors (Lipinski definition) is 1. The van der Waals surface area contributed by atoms with E-state index in [2.05, 4.69) is 15.8 Å². The van der Waals surface area contributed by atoms with Crippen molar-refractivity contribution < 1.29 is 9.21 Å². The number of furan rings is 1. The summed E-state index contributed by atoms with van der Waals surface area (Å²) in [6, 6.07) is 3.52. The summed E-state index contributed by atoms with van der Waals surface area (Å²) < 4.78 is 4.92. The van der Waals surface area contributed by atoms with Crippen molar-refractivity contribution in [2.24, 2.45) is 10.3 Å². The van der Waals surface area contributed by atoms with Crippen LogP contribution in [0, 0.1) is 0 Å². The Bertz CT molecular complexity index is 353. The first-order chi connectivity index (χ1) is 7.86. The molecule has 0 atom stereocenters. The smallest absolute Gasteiger partial charge is 0.308 e. The van der Waals surface area contributed by atoms with Gasteiger partial charge >= 0.3 is 5.91 Å². The molecular weight excluding hydrogens is 206 g/mol. The third-order valence-electron chi connectivity index (χ3n) is 2.69. The van der Waals surface area contributed by atoms with Crippen molar-refractivity contribution >= 4 is 5.91 Å². The highest BCUT2D eigenvalue weighted by Crippen LogP contribution is 2.20. The number of hydrogen-bond acceptors (Lipinski definition) is 4. The SMILES string of the molecule is O=C(NN=NC1CCCCC1)c1ccco1. The summed E-state index contributed by atoms with van der Waals surface area (Å²) in [4.78, 5) is 11.4. The second-order valence-electron chi connectivity index (χ2n) is 3.93. The van der Waals surface area contributed by atoms with Gasteiger partial charge in [-0.05, 0) is 25.0 Å². The zero-order valence-corrected chi connectivity index (χ0v) is 9.06. The minimum absolute atomic E-state index is 0.252. The van der Waals surface area contributed by atoms with Gasteiger partial charge in [0.25, 0.3) is 0 Å². The lowest BCUT2D eigenvalue weighted by molar-refractivity contribution is 0.0922. The fourth-order valence-corrected chi connectivity index (χ4v) is 1.82. The van der Waals surface area contributed by atoms with E-state index in [9.17, 15) is 4.79 Å². The van der Waals surface area contributed by atoms with E-state index in [-0.39, 0.29) is 17.7 Å². The number of carbonyl (C=O) groups excluding carboxylic acids is 1. The van der Waals surface area contributed by atoms with Crippen molar-refractivity contribution in [1.82, 2.24) is 5.43 Å². The Morgan fingerprint density at radius 2 is 2.19 bits per heavy atom. The molecule has 0 aliphatic heterocycles. The van der Waals surface area contributed by atoms with E-state index < -0.39 is 0 Å². The first-order valence-electron chi connectivity index (χ1n) is 5.60. The van der Waals surface area contributed by atoms with E-state index >= 15 is 0 Å². The normalized spacial score (nSPS) is 17.8. The molecule has 1 heterocycles. The van der Waals surface area contributed by atoms with Gasteiger partial charge in [-0.25, -0.2) is 5.43 Å². The van der Waals surface area contributed by atoms with Crippen LogP contribution in [0.15, 0.2) is 33.2 Å². The average Bonchev–Trinajstić information content (AvgIpc) is 2.84. The molecule has 1 fully saturated rings. The topological polar surface area (TPSA) is 67.0 Å². The van der Waals surface area contributed by atoms with E-state index in [4.69, 9.17) is 4.42 Å². The number of nitrogens with one attached hydrogen (secondary N) is 1. The van der Waals surface area contributed by atoms with Crippen LogP contribution in [0.5, 0.6) is 0 Å². The molecule has 0 aromatic carbocycles. The van der Waals surface area contributed by atoms with Crippen molar-refractivity contribution in [3.8, 4) is 0 Å². The van der Waals surface area contributed by atoms with Crippen LogP contribution < -0.4 is 5.43 Å². The lowest BCUT2D eigenvalue weighted by atomic mass is 9.96. The Balaban J connectivity index is 1.78. The zero-order chi connectivity index (χ0) is 11.2. The molecule has 0 spiro atoms. The first-order valence-corrected chi connectivity index (χ1v) is 5.60. The number of nitrogens with zero attached hydrogens (tertiary/aromatic N) is 2. The zero-order valence-electron chi connectivity index (χ0n) is 9.06. The summed E-state index contributed by atoms with van der Waals surface area (Å²) in [5.41, 5.74) is 2.36. The molecule has 5 nitrogen and oxygen atoms in total. The van der Waals surface area contributed by atoms with Crippen molar-refractivity contribution in [3.63, 3.8) is 0 Å². The van der Waals surface area contributed by atoms with Gasteiger partial charge < -0.3 is 4.42 Å². The molecule has 86 valence electrons. The molecule has 1 aromatic rings. The van der Waals surface area contributed by atoms with Crippen LogP contribution in [-0.2, 0) is 0 Å². The van der Waals surface area contributed by atoms with E-state index in [0.29, 0.717) is 0 Å². The quantitative estimate of drug-likeness (QED) is 0.629. The Labute approximate surface area is 93.9 Å². The van der Waals surface area contributed by atoms with Crippen molar-refractivity contribution in [2.75, 3.05) is 0 Å². The van der Waals surface area contributed by atoms with Gasteiger partial charge in [0.05, 0.1) is 12.3 Å². The maximum absolute atomic E-state index is 11.4. The highest BCUT2D eigenvalue weighted by molar-refractivity contribution is 5.90. The molecule has 0 radical (unpaired) electrons. The van der Waals surface area contributed by atoms with Crippen LogP contribution in [0.25, 0.3) is 0 Å². The molecule has 0 unspecified atom stereocenters. The van der Waals surface area contributed by atoms with Crippen LogP contribution in [-0.4, -0.2) is 11.9 Å². The van der Waals surface area contributed by atoms with Crippen LogP contribution >= 0.6 is 0 Å². The second-order valence-corrected chi connectivity index (χ2v) is 3.93. The van der Waals surface area contributed by atoms with Gasteiger partial charge in [-0.3, -0.25) is 4.79 Å². The van der Waals surface area contributed by atoms with E-state index in [1.165, 1.54) is 25.5 Å². The van der Waals surface area contributed by atoms with Gasteiger partial charge in [-0.15, -0.1) is 0 Å². The van der Waals surface area contributed by atoms with Gasteiger partial charge in [-0.2, -0.15) is 5.11 Å². The molecule has 1 saturated carbocycles. The molecule has 0 bridgehead atoms. The summed E-state index contributed by atoms with van der Waals surface area (Å²) >= 11 is 0. The second kappa shape index (κ2) is 5.44. The lowest BCUT2D eigenvalue weighted by Gasteiger charge is -2.15. The molecule has 2 rings (SSSR count). The van der Waals surface area contributed by atoms with Gasteiger partial charge in [0.1, 0.15) is 0 Å². The van der Waals surface area contributed by atoms with Crippen molar-refractivity contribution in [3.05, 3.63) is 24.2 Å². The predicted molar refractivity (Wildman–Crippen MR) is 57.9 cm³/mol. The predicted octanol–water partition coefficient (Wildman–Crippen LogP) is 2.71. The Hall–Kier alpha value is -1.65. The molecule has 0 saturated heterocycles. The number of amides is 1. The molecule has 1 aromatic heterocycles. The highest BCUT2D eigenvalue weighted by atomic mass is 16.3. The Morgan fingerprint density at radius 1 is 1.38 bits per heavy atom. The van der Waals surface area contributed by atoms with Crippen LogP contribution in [0.2, 0.25) is 0 Å². The van der Waals surface area contributed by atoms with Gasteiger partial charge in [0.15, 0.2) is 5.76 Å². The Morgan fingerprint density at radius 3 is 2.88 bits per heavy atom. The maximum atomic E-state index is 11.4. The molecule has 1 N–H and O–H groups in total. The standard InChI is InChI=1S/C11H15N3O2/c15-11(10-7-4-8-16-10)13-14-12-9-5-2-1-3-6-9/h4,7-9H,1-3,5-6H2,(H,12,13,15). The van der Waals surface area contributed by atoms with E-state index in [1.807, 2.05) is 0 Å². The Kier molecular flexibility index (Phi) is 3.69. The molecule has 1 aliphatic carbocycles. The minimum Gasteiger partial charge on any atom is -0.459 e. The third kappa shape index (κ3) is 2.92. The molecule has 5 heteroatoms. The van der Waals surface area contributed by atoms with Crippen LogP contribution in [0.4, 0.5) is 0 Å². The molecule has 16 heavy (non-hydrogen) atoms. The monoisotopic (exact) mass is 221 g/mol. The third-order valence-corrected chi connectivity index (χ3v) is 2.69. The van der Waals surface area contributed by atoms with Gasteiger partial charge in [-0.1, -0.05) is 24.5 Å². The summed E-state index contributed by atoms with van der Waals surface area (Å²) in [6.07, 6.45) is 7.28. The van der Waals surface area contributed by atoms with Crippen LogP contribution in [0.3, 0.4) is 0 Å². The highest BCUT2D eigenvalue weighted by Gasteiger charge is 2.12. The lowest BCUT2D eigenvalue weighted by Crippen LogP contribution is -2.17. The van der Waals surface area contributed by atoms with Crippen molar-refractivity contribution in [2.45, 2.75) is 38.1 Å². The largest absolute Gasteiger partial charge is 0.459 e. The summed E-state index contributed by atoms with van der Waals surface area (Å²) in [5, 5.41) is 7.80. The maximum Gasteiger partial charge on any atom is 0.308 e. The van der Waals surface area contributed by atoms with Crippen LogP contribution in [0.1, 0.15) is 42.7 Å². The average molecular weight is 221 g/mol. The first kappa shape index (κ1) is 10.9. The van der Waals surface area contributed by atoms with Gasteiger partial charge in [0.2, 0.25) is 0 Å². The van der Waals surface area contributed by atoms with E-state index in [0.717, 1.165) is 12.8 Å².